The van der Waals surface area contributed by atoms with Crippen LogP contribution in [0.2, 0.25) is 0 Å². The highest BCUT2D eigenvalue weighted by Gasteiger charge is 2.22. The molecule has 174 valence electrons. The van der Waals surface area contributed by atoms with Crippen LogP contribution in [0.1, 0.15) is 19.4 Å². The van der Waals surface area contributed by atoms with Gasteiger partial charge in [-0.05, 0) is 24.6 Å². The number of hydrogen-bond donors (Lipinski definition) is 1. The van der Waals surface area contributed by atoms with Crippen LogP contribution < -0.4 is 5.32 Å². The van der Waals surface area contributed by atoms with E-state index in [9.17, 15) is 14.9 Å². The number of amides is 1. The van der Waals surface area contributed by atoms with E-state index in [-0.39, 0.29) is 22.0 Å². The molecule has 0 bridgehead atoms. The summed E-state index contributed by atoms with van der Waals surface area (Å²) < 4.78 is 0. The SMILES string of the molecule is CC(=O)N1CCN(Cc2cc(NC3SC(C)=CN3C)nc(-c3cccc([N+](=O)[O-])c3)c2)CC1. The van der Waals surface area contributed by atoms with Gasteiger partial charge in [0.2, 0.25) is 5.91 Å². The molecular weight excluding hydrogens is 440 g/mol. The maximum atomic E-state index is 11.6. The zero-order valence-electron chi connectivity index (χ0n) is 19.0. The number of piperazine rings is 1. The summed E-state index contributed by atoms with van der Waals surface area (Å²) in [5.41, 5.74) is 2.54. The minimum atomic E-state index is -0.389. The predicted molar refractivity (Wildman–Crippen MR) is 130 cm³/mol. The van der Waals surface area contributed by atoms with E-state index in [0.29, 0.717) is 11.3 Å². The van der Waals surface area contributed by atoms with Crippen LogP contribution in [0.25, 0.3) is 11.3 Å². The number of rotatable bonds is 6. The number of nitrogens with one attached hydrogen (secondary N) is 1. The van der Waals surface area contributed by atoms with Gasteiger partial charge in [0.1, 0.15) is 5.82 Å². The number of hydrogen-bond acceptors (Lipinski definition) is 8. The molecule has 1 atom stereocenters. The lowest BCUT2D eigenvalue weighted by Crippen LogP contribution is -2.47. The van der Waals surface area contributed by atoms with Gasteiger partial charge in [-0.3, -0.25) is 19.8 Å². The van der Waals surface area contributed by atoms with E-state index in [1.54, 1.807) is 30.8 Å². The number of benzene rings is 1. The number of carbonyl (C=O) groups excluding carboxylic acids is 1. The zero-order chi connectivity index (χ0) is 23.5. The maximum Gasteiger partial charge on any atom is 0.270 e. The summed E-state index contributed by atoms with van der Waals surface area (Å²) in [6.45, 7) is 7.45. The summed E-state index contributed by atoms with van der Waals surface area (Å²) in [6.07, 6.45) is 2.09. The molecule has 0 spiro atoms. The van der Waals surface area contributed by atoms with E-state index in [2.05, 4.69) is 28.2 Å². The monoisotopic (exact) mass is 468 g/mol. The highest BCUT2D eigenvalue weighted by molar-refractivity contribution is 8.03. The van der Waals surface area contributed by atoms with Gasteiger partial charge in [0.15, 0.2) is 5.50 Å². The Morgan fingerprint density at radius 3 is 2.64 bits per heavy atom. The molecule has 1 amide bonds. The minimum Gasteiger partial charge on any atom is -0.351 e. The topological polar surface area (TPSA) is 94.9 Å². The minimum absolute atomic E-state index is 0.0322. The highest BCUT2D eigenvalue weighted by atomic mass is 32.2. The lowest BCUT2D eigenvalue weighted by atomic mass is 10.1. The quantitative estimate of drug-likeness (QED) is 0.508. The number of thioether (sulfide) groups is 1. The molecule has 1 unspecified atom stereocenters. The Bertz CT molecular complexity index is 1080. The van der Waals surface area contributed by atoms with Crippen molar-refractivity contribution >= 4 is 29.2 Å². The Kier molecular flexibility index (Phi) is 6.85. The van der Waals surface area contributed by atoms with Crippen molar-refractivity contribution in [3.05, 3.63) is 63.2 Å². The summed E-state index contributed by atoms with van der Waals surface area (Å²) in [4.78, 5) is 34.8. The van der Waals surface area contributed by atoms with Crippen molar-refractivity contribution in [2.24, 2.45) is 0 Å². The molecule has 2 aliphatic rings. The molecule has 0 radical (unpaired) electrons. The Morgan fingerprint density at radius 2 is 2.00 bits per heavy atom. The molecule has 0 saturated carbocycles. The van der Waals surface area contributed by atoms with Crippen LogP contribution in [-0.4, -0.2) is 69.2 Å². The van der Waals surface area contributed by atoms with Crippen molar-refractivity contribution in [3.63, 3.8) is 0 Å². The third-order valence-corrected chi connectivity index (χ3v) is 6.94. The van der Waals surface area contributed by atoms with Crippen LogP contribution in [0.3, 0.4) is 0 Å². The Morgan fingerprint density at radius 1 is 1.24 bits per heavy atom. The molecule has 1 fully saturated rings. The van der Waals surface area contributed by atoms with Gasteiger partial charge in [0, 0.05) is 75.5 Å². The van der Waals surface area contributed by atoms with E-state index >= 15 is 0 Å². The van der Waals surface area contributed by atoms with Crippen molar-refractivity contribution in [2.75, 3.05) is 38.5 Å². The number of aromatic nitrogens is 1. The molecular formula is C23H28N6O3S. The number of nitro benzene ring substituents is 1. The zero-order valence-corrected chi connectivity index (χ0v) is 19.8. The summed E-state index contributed by atoms with van der Waals surface area (Å²) in [7, 11) is 2.01. The highest BCUT2D eigenvalue weighted by Crippen LogP contribution is 2.32. The first-order valence-electron chi connectivity index (χ1n) is 10.9. The van der Waals surface area contributed by atoms with Gasteiger partial charge in [-0.1, -0.05) is 23.9 Å². The van der Waals surface area contributed by atoms with Gasteiger partial charge in [-0.25, -0.2) is 4.98 Å². The van der Waals surface area contributed by atoms with Crippen LogP contribution in [0.5, 0.6) is 0 Å². The van der Waals surface area contributed by atoms with Crippen molar-refractivity contribution in [1.82, 2.24) is 19.7 Å². The first-order valence-corrected chi connectivity index (χ1v) is 11.7. The predicted octanol–water partition coefficient (Wildman–Crippen LogP) is 3.56. The van der Waals surface area contributed by atoms with E-state index in [1.807, 2.05) is 30.1 Å². The van der Waals surface area contributed by atoms with Gasteiger partial charge in [0.25, 0.3) is 5.69 Å². The molecule has 2 aliphatic heterocycles. The molecule has 33 heavy (non-hydrogen) atoms. The van der Waals surface area contributed by atoms with Crippen LogP contribution in [-0.2, 0) is 11.3 Å². The second kappa shape index (κ2) is 9.80. The first-order chi connectivity index (χ1) is 15.8. The standard InChI is InChI=1S/C23H28N6O3S/c1-16-14-26(3)23(33-16)25-22-12-18(15-27-7-9-28(10-8-27)17(2)30)11-21(24-22)19-5-4-6-20(13-19)29(31)32/h4-6,11-14,23H,7-10,15H2,1-3H3,(H,24,25). The molecule has 10 heteroatoms. The summed E-state index contributed by atoms with van der Waals surface area (Å²) in [5, 5.41) is 14.8. The molecule has 4 rings (SSSR count). The van der Waals surface area contributed by atoms with Crippen LogP contribution in [0.15, 0.2) is 47.5 Å². The number of non-ortho nitro benzene ring substituents is 1. The average Bonchev–Trinajstić information content (AvgIpc) is 3.10. The van der Waals surface area contributed by atoms with Crippen LogP contribution >= 0.6 is 11.8 Å². The first kappa shape index (κ1) is 23.1. The Balaban J connectivity index is 1.60. The Hall–Kier alpha value is -3.11. The van der Waals surface area contributed by atoms with Gasteiger partial charge in [-0.15, -0.1) is 0 Å². The largest absolute Gasteiger partial charge is 0.351 e. The molecule has 1 saturated heterocycles. The van der Waals surface area contributed by atoms with Gasteiger partial charge < -0.3 is 15.1 Å². The number of anilines is 1. The molecule has 9 nitrogen and oxygen atoms in total. The average molecular weight is 469 g/mol. The molecule has 1 aromatic heterocycles. The van der Waals surface area contributed by atoms with E-state index in [4.69, 9.17) is 4.98 Å². The fourth-order valence-electron chi connectivity index (χ4n) is 4.06. The molecule has 3 heterocycles. The molecule has 1 aromatic carbocycles. The number of nitro groups is 1. The van der Waals surface area contributed by atoms with Gasteiger partial charge >= 0.3 is 0 Å². The second-order valence-electron chi connectivity index (χ2n) is 8.36. The van der Waals surface area contributed by atoms with E-state index in [1.165, 1.54) is 11.0 Å². The Labute approximate surface area is 197 Å². The normalized spacial score (nSPS) is 18.9. The number of allylic oxidation sites excluding steroid dienone is 1. The number of carbonyl (C=O) groups is 1. The van der Waals surface area contributed by atoms with Crippen LogP contribution in [0, 0.1) is 10.1 Å². The summed E-state index contributed by atoms with van der Waals surface area (Å²) in [6, 6.07) is 10.6. The van der Waals surface area contributed by atoms with Crippen LogP contribution in [0.4, 0.5) is 11.5 Å². The van der Waals surface area contributed by atoms with E-state index < -0.39 is 0 Å². The summed E-state index contributed by atoms with van der Waals surface area (Å²) in [5.74, 6) is 0.837. The lowest BCUT2D eigenvalue weighted by molar-refractivity contribution is -0.384. The number of nitrogens with zero attached hydrogens (tertiary/aromatic N) is 5. The summed E-state index contributed by atoms with van der Waals surface area (Å²) >= 11 is 1.72. The smallest absolute Gasteiger partial charge is 0.270 e. The molecule has 0 aliphatic carbocycles. The number of pyridine rings is 1. The lowest BCUT2D eigenvalue weighted by Gasteiger charge is -2.34. The van der Waals surface area contributed by atoms with E-state index in [0.717, 1.165) is 44.1 Å². The van der Waals surface area contributed by atoms with Gasteiger partial charge in [-0.2, -0.15) is 0 Å². The maximum absolute atomic E-state index is 11.6. The fraction of sp³-hybridized carbons (Fsp3) is 0.391. The van der Waals surface area contributed by atoms with Crippen molar-refractivity contribution < 1.29 is 9.72 Å². The van der Waals surface area contributed by atoms with Crippen molar-refractivity contribution in [3.8, 4) is 11.3 Å². The van der Waals surface area contributed by atoms with Crippen molar-refractivity contribution in [2.45, 2.75) is 25.9 Å². The van der Waals surface area contributed by atoms with Gasteiger partial charge in [0.05, 0.1) is 10.6 Å². The third kappa shape index (κ3) is 5.63. The third-order valence-electron chi connectivity index (χ3n) is 5.79. The fourth-order valence-corrected chi connectivity index (χ4v) is 5.05. The molecule has 1 N–H and O–H groups in total. The molecule has 2 aromatic rings. The van der Waals surface area contributed by atoms with Crippen molar-refractivity contribution in [1.29, 1.82) is 0 Å². The second-order valence-corrected chi connectivity index (χ2v) is 9.68.